The molecule has 3 nitrogen and oxygen atoms in total. The summed E-state index contributed by atoms with van der Waals surface area (Å²) in [7, 11) is 0. The second kappa shape index (κ2) is 7.20. The van der Waals surface area contributed by atoms with Gasteiger partial charge in [-0.1, -0.05) is 13.3 Å². The van der Waals surface area contributed by atoms with Crippen LogP contribution >= 0.6 is 0 Å². The first-order chi connectivity index (χ1) is 7.24. The molecule has 1 saturated heterocycles. The molecular formula is C12H26N2O. The Morgan fingerprint density at radius 2 is 2.27 bits per heavy atom. The van der Waals surface area contributed by atoms with Crippen molar-refractivity contribution in [1.82, 2.24) is 5.32 Å². The quantitative estimate of drug-likeness (QED) is 0.675. The van der Waals surface area contributed by atoms with E-state index in [9.17, 15) is 0 Å². The Kier molecular flexibility index (Phi) is 6.22. The van der Waals surface area contributed by atoms with E-state index >= 15 is 0 Å². The summed E-state index contributed by atoms with van der Waals surface area (Å²) in [5.41, 5.74) is 5.96. The summed E-state index contributed by atoms with van der Waals surface area (Å²) in [5, 5.41) is 3.55. The molecule has 3 atom stereocenters. The van der Waals surface area contributed by atoms with E-state index in [4.69, 9.17) is 10.5 Å². The Bertz CT molecular complexity index is 158. The summed E-state index contributed by atoms with van der Waals surface area (Å²) in [4.78, 5) is 0. The molecule has 0 aromatic carbocycles. The van der Waals surface area contributed by atoms with Gasteiger partial charge in [0, 0.05) is 18.7 Å². The van der Waals surface area contributed by atoms with E-state index in [1.54, 1.807) is 0 Å². The Labute approximate surface area is 93.8 Å². The van der Waals surface area contributed by atoms with Gasteiger partial charge in [-0.15, -0.1) is 0 Å². The maximum Gasteiger partial charge on any atom is 0.0509 e. The molecule has 0 radical (unpaired) electrons. The third kappa shape index (κ3) is 4.96. The third-order valence-corrected chi connectivity index (χ3v) is 3.31. The Morgan fingerprint density at radius 1 is 1.47 bits per heavy atom. The molecule has 0 saturated carbocycles. The first-order valence-electron chi connectivity index (χ1n) is 6.30. The minimum absolute atomic E-state index is 0.370. The van der Waals surface area contributed by atoms with Crippen molar-refractivity contribution in [2.45, 2.75) is 51.6 Å². The van der Waals surface area contributed by atoms with E-state index < -0.39 is 0 Å². The Balaban J connectivity index is 2.03. The molecule has 1 fully saturated rings. The van der Waals surface area contributed by atoms with Crippen molar-refractivity contribution >= 4 is 0 Å². The molecule has 0 aromatic rings. The van der Waals surface area contributed by atoms with Gasteiger partial charge in [0.05, 0.1) is 6.61 Å². The fraction of sp³-hybridized carbons (Fsp3) is 1.00. The number of ether oxygens (including phenoxy) is 1. The zero-order chi connectivity index (χ0) is 11.1. The standard InChI is InChI=1S/C12H26N2O/c1-3-4-12(13)5-7-14-10(2)11-6-8-15-9-11/h10-12,14H,3-9,13H2,1-2H3. The molecule has 1 aliphatic heterocycles. The second-order valence-electron chi connectivity index (χ2n) is 4.70. The van der Waals surface area contributed by atoms with Crippen molar-refractivity contribution < 1.29 is 4.74 Å². The van der Waals surface area contributed by atoms with Crippen molar-refractivity contribution in [2.75, 3.05) is 19.8 Å². The van der Waals surface area contributed by atoms with Gasteiger partial charge in [-0.3, -0.25) is 0 Å². The van der Waals surface area contributed by atoms with Crippen LogP contribution < -0.4 is 11.1 Å². The van der Waals surface area contributed by atoms with Crippen molar-refractivity contribution in [3.05, 3.63) is 0 Å². The smallest absolute Gasteiger partial charge is 0.0509 e. The van der Waals surface area contributed by atoms with Crippen LogP contribution in [0.3, 0.4) is 0 Å². The fourth-order valence-electron chi connectivity index (χ4n) is 2.13. The van der Waals surface area contributed by atoms with Gasteiger partial charge in [-0.2, -0.15) is 0 Å². The highest BCUT2D eigenvalue weighted by atomic mass is 16.5. The van der Waals surface area contributed by atoms with E-state index in [2.05, 4.69) is 19.2 Å². The molecule has 0 amide bonds. The van der Waals surface area contributed by atoms with E-state index in [-0.39, 0.29) is 0 Å². The molecule has 3 unspecified atom stereocenters. The average molecular weight is 214 g/mol. The van der Waals surface area contributed by atoms with Gasteiger partial charge in [-0.05, 0) is 38.6 Å². The summed E-state index contributed by atoms with van der Waals surface area (Å²) >= 11 is 0. The lowest BCUT2D eigenvalue weighted by Crippen LogP contribution is -2.36. The lowest BCUT2D eigenvalue weighted by Gasteiger charge is -2.20. The lowest BCUT2D eigenvalue weighted by atomic mass is 10.0. The van der Waals surface area contributed by atoms with E-state index in [0.29, 0.717) is 18.0 Å². The van der Waals surface area contributed by atoms with Crippen LogP contribution in [0.4, 0.5) is 0 Å². The van der Waals surface area contributed by atoms with Gasteiger partial charge in [0.15, 0.2) is 0 Å². The van der Waals surface area contributed by atoms with Crippen LogP contribution in [-0.2, 0) is 4.74 Å². The van der Waals surface area contributed by atoms with E-state index in [1.807, 2.05) is 0 Å². The van der Waals surface area contributed by atoms with Crippen LogP contribution in [-0.4, -0.2) is 31.8 Å². The van der Waals surface area contributed by atoms with Gasteiger partial charge < -0.3 is 15.8 Å². The third-order valence-electron chi connectivity index (χ3n) is 3.31. The minimum Gasteiger partial charge on any atom is -0.381 e. The van der Waals surface area contributed by atoms with Crippen molar-refractivity contribution in [1.29, 1.82) is 0 Å². The molecule has 1 heterocycles. The second-order valence-corrected chi connectivity index (χ2v) is 4.70. The van der Waals surface area contributed by atoms with Gasteiger partial charge in [0.25, 0.3) is 0 Å². The average Bonchev–Trinajstić information content (AvgIpc) is 2.70. The first-order valence-corrected chi connectivity index (χ1v) is 6.30. The monoisotopic (exact) mass is 214 g/mol. The Hall–Kier alpha value is -0.120. The summed E-state index contributed by atoms with van der Waals surface area (Å²) in [6.07, 6.45) is 4.62. The molecule has 90 valence electrons. The van der Waals surface area contributed by atoms with Crippen molar-refractivity contribution in [2.24, 2.45) is 11.7 Å². The SMILES string of the molecule is CCCC(N)CCNC(C)C1CCOC1. The predicted molar refractivity (Wildman–Crippen MR) is 63.9 cm³/mol. The molecule has 0 aliphatic carbocycles. The number of hydrogen-bond donors (Lipinski definition) is 2. The van der Waals surface area contributed by atoms with E-state index in [1.165, 1.54) is 12.8 Å². The van der Waals surface area contributed by atoms with Crippen molar-refractivity contribution in [3.8, 4) is 0 Å². The summed E-state index contributed by atoms with van der Waals surface area (Å²) in [6, 6.07) is 0.941. The number of nitrogens with one attached hydrogen (secondary N) is 1. The van der Waals surface area contributed by atoms with Gasteiger partial charge in [-0.25, -0.2) is 0 Å². The summed E-state index contributed by atoms with van der Waals surface area (Å²) < 4.78 is 5.38. The molecule has 1 rings (SSSR count). The number of hydrogen-bond acceptors (Lipinski definition) is 3. The summed E-state index contributed by atoms with van der Waals surface area (Å²) in [6.45, 7) is 7.34. The van der Waals surface area contributed by atoms with Crippen LogP contribution in [0.2, 0.25) is 0 Å². The topological polar surface area (TPSA) is 47.3 Å². The van der Waals surface area contributed by atoms with Gasteiger partial charge in [0.1, 0.15) is 0 Å². The Morgan fingerprint density at radius 3 is 2.87 bits per heavy atom. The van der Waals surface area contributed by atoms with Crippen molar-refractivity contribution in [3.63, 3.8) is 0 Å². The zero-order valence-corrected chi connectivity index (χ0v) is 10.2. The molecule has 1 aliphatic rings. The maximum absolute atomic E-state index is 5.96. The molecule has 3 heteroatoms. The minimum atomic E-state index is 0.370. The molecule has 3 N–H and O–H groups in total. The number of rotatable bonds is 7. The van der Waals surface area contributed by atoms with Gasteiger partial charge >= 0.3 is 0 Å². The van der Waals surface area contributed by atoms with Crippen LogP contribution in [0, 0.1) is 5.92 Å². The molecule has 0 spiro atoms. The molecule has 0 aromatic heterocycles. The van der Waals surface area contributed by atoms with Gasteiger partial charge in [0.2, 0.25) is 0 Å². The highest BCUT2D eigenvalue weighted by Gasteiger charge is 2.21. The highest BCUT2D eigenvalue weighted by Crippen LogP contribution is 2.16. The first kappa shape index (κ1) is 12.9. The molecular weight excluding hydrogens is 188 g/mol. The van der Waals surface area contributed by atoms with Crippen LogP contribution in [0.15, 0.2) is 0 Å². The van der Waals surface area contributed by atoms with Crippen LogP contribution in [0.1, 0.15) is 39.5 Å². The van der Waals surface area contributed by atoms with E-state index in [0.717, 1.165) is 32.6 Å². The predicted octanol–water partition coefficient (Wildman–Crippen LogP) is 1.52. The normalized spacial score (nSPS) is 25.4. The number of nitrogens with two attached hydrogens (primary N) is 1. The zero-order valence-electron chi connectivity index (χ0n) is 10.2. The van der Waals surface area contributed by atoms with Crippen LogP contribution in [0.5, 0.6) is 0 Å². The largest absolute Gasteiger partial charge is 0.381 e. The summed E-state index contributed by atoms with van der Waals surface area (Å²) in [5.74, 6) is 0.701. The fourth-order valence-corrected chi connectivity index (χ4v) is 2.13. The maximum atomic E-state index is 5.96. The van der Waals surface area contributed by atoms with Crippen LogP contribution in [0.25, 0.3) is 0 Å². The molecule has 15 heavy (non-hydrogen) atoms. The highest BCUT2D eigenvalue weighted by molar-refractivity contribution is 4.76. The lowest BCUT2D eigenvalue weighted by molar-refractivity contribution is 0.178. The molecule has 0 bridgehead atoms.